The molecule has 1 aromatic rings. The molecule has 0 unspecified atom stereocenters. The molecule has 26 heavy (non-hydrogen) atoms. The van der Waals surface area contributed by atoms with Crippen LogP contribution >= 0.6 is 7.82 Å². The molecule has 0 bridgehead atoms. The number of hydrogen-bond acceptors (Lipinski definition) is 4. The molecule has 1 aromatic heterocycles. The van der Waals surface area contributed by atoms with Crippen molar-refractivity contribution < 1.29 is 23.1 Å². The van der Waals surface area contributed by atoms with Crippen molar-refractivity contribution in [3.8, 4) is 0 Å². The van der Waals surface area contributed by atoms with Gasteiger partial charge in [-0.2, -0.15) is 0 Å². The highest BCUT2D eigenvalue weighted by atomic mass is 31.2. The smallest absolute Gasteiger partial charge is 0.267 e. The number of phosphoric ester groups is 1. The molecule has 0 radical (unpaired) electrons. The summed E-state index contributed by atoms with van der Waals surface area (Å²) in [5.41, 5.74) is 0. The van der Waals surface area contributed by atoms with Crippen LogP contribution in [-0.2, 0) is 26.7 Å². The minimum atomic E-state index is -3.98. The minimum absolute atomic E-state index is 0.199. The fourth-order valence-corrected chi connectivity index (χ4v) is 3.16. The Balaban J connectivity index is 0.000000508. The Hall–Kier alpha value is -0.680. The van der Waals surface area contributed by atoms with Crippen LogP contribution in [0.25, 0.3) is 0 Å². The van der Waals surface area contributed by atoms with E-state index in [1.165, 1.54) is 45.1 Å². The molecule has 0 atom stereocenters. The molecule has 1 rings (SSSR count). The molecule has 0 saturated heterocycles. The SMILES string of the molecule is CCCCCCCCn1cc[n+](CC)c1.CCCOP(=O)([O-])OCCC. The number of aromatic nitrogens is 2. The fourth-order valence-electron chi connectivity index (χ4n) is 2.28. The van der Waals surface area contributed by atoms with Crippen molar-refractivity contribution in [3.63, 3.8) is 0 Å². The lowest BCUT2D eigenvalue weighted by Crippen LogP contribution is -2.28. The summed E-state index contributed by atoms with van der Waals surface area (Å²) in [6, 6.07) is 0. The Morgan fingerprint density at radius 3 is 2.00 bits per heavy atom. The van der Waals surface area contributed by atoms with Crippen molar-refractivity contribution in [2.24, 2.45) is 0 Å². The van der Waals surface area contributed by atoms with E-state index < -0.39 is 7.82 Å². The fraction of sp³-hybridized carbons (Fsp3) is 0.842. The van der Waals surface area contributed by atoms with E-state index in [0.717, 1.165) is 6.54 Å². The Morgan fingerprint density at radius 1 is 0.923 bits per heavy atom. The maximum absolute atomic E-state index is 10.7. The first kappa shape index (κ1) is 25.3. The van der Waals surface area contributed by atoms with Gasteiger partial charge in [-0.1, -0.05) is 46.5 Å². The number of rotatable bonds is 14. The number of unbranched alkanes of at least 4 members (excludes halogenated alkanes) is 5. The first-order valence-corrected chi connectivity index (χ1v) is 11.6. The molecule has 0 N–H and O–H groups in total. The number of hydrogen-bond donors (Lipinski definition) is 0. The third-order valence-electron chi connectivity index (χ3n) is 3.79. The third-order valence-corrected chi connectivity index (χ3v) is 4.79. The zero-order valence-electron chi connectivity index (χ0n) is 17.2. The lowest BCUT2D eigenvalue weighted by Gasteiger charge is -2.21. The molecule has 0 amide bonds. The molecule has 7 heteroatoms. The summed E-state index contributed by atoms with van der Waals surface area (Å²) < 4.78 is 24.2. The second-order valence-corrected chi connectivity index (χ2v) is 7.77. The zero-order chi connectivity index (χ0) is 19.7. The van der Waals surface area contributed by atoms with Crippen molar-refractivity contribution in [3.05, 3.63) is 18.7 Å². The lowest BCUT2D eigenvalue weighted by molar-refractivity contribution is -0.693. The van der Waals surface area contributed by atoms with Crippen LogP contribution in [0.4, 0.5) is 0 Å². The van der Waals surface area contributed by atoms with E-state index in [9.17, 15) is 9.46 Å². The molecule has 0 aliphatic rings. The van der Waals surface area contributed by atoms with Gasteiger partial charge < -0.3 is 13.9 Å². The van der Waals surface area contributed by atoms with Gasteiger partial charge in [-0.25, -0.2) is 9.13 Å². The molecule has 0 aromatic carbocycles. The van der Waals surface area contributed by atoms with E-state index >= 15 is 0 Å². The van der Waals surface area contributed by atoms with Gasteiger partial charge in [0.1, 0.15) is 12.4 Å². The van der Waals surface area contributed by atoms with E-state index in [-0.39, 0.29) is 13.2 Å². The molecular weight excluding hydrogens is 351 g/mol. The molecule has 1 heterocycles. The monoisotopic (exact) mass is 390 g/mol. The molecule has 0 fully saturated rings. The summed E-state index contributed by atoms with van der Waals surface area (Å²) in [5, 5.41) is 0. The van der Waals surface area contributed by atoms with Crippen molar-refractivity contribution in [2.75, 3.05) is 13.2 Å². The van der Waals surface area contributed by atoms with E-state index in [0.29, 0.717) is 12.8 Å². The predicted molar refractivity (Wildman–Crippen MR) is 104 cm³/mol. The largest absolute Gasteiger partial charge is 0.756 e. The van der Waals surface area contributed by atoms with Gasteiger partial charge in [0.15, 0.2) is 0 Å². The maximum Gasteiger partial charge on any atom is 0.267 e. The highest BCUT2D eigenvalue weighted by Gasteiger charge is 2.06. The molecule has 0 spiro atoms. The average Bonchev–Trinajstić information content (AvgIpc) is 3.10. The summed E-state index contributed by atoms with van der Waals surface area (Å²) in [6.07, 6.45) is 16.1. The second kappa shape index (κ2) is 16.5. The molecule has 0 saturated carbocycles. The highest BCUT2D eigenvalue weighted by molar-refractivity contribution is 7.45. The molecule has 0 aliphatic carbocycles. The Labute approximate surface area is 160 Å². The normalized spacial score (nSPS) is 11.3. The summed E-state index contributed by atoms with van der Waals surface area (Å²) in [5.74, 6) is 0. The topological polar surface area (TPSA) is 67.4 Å². The minimum Gasteiger partial charge on any atom is -0.756 e. The number of imidazole rings is 1. The van der Waals surface area contributed by atoms with Gasteiger partial charge in [0.25, 0.3) is 7.82 Å². The Bertz CT molecular complexity index is 468. The summed E-state index contributed by atoms with van der Waals surface area (Å²) in [7, 11) is -3.98. The Kier molecular flexibility index (Phi) is 16.1. The standard InChI is InChI=1S/C13H25N2.C6H15O4P/c1-3-5-6-7-8-9-10-15-12-11-14(4-2)13-15;1-3-5-9-11(7,8)10-6-4-2/h11-13H,3-10H2,1-2H3;3-6H2,1-2H3,(H,7,8)/q+1;/p-1. The first-order chi connectivity index (χ1) is 12.5. The lowest BCUT2D eigenvalue weighted by atomic mass is 10.1. The second-order valence-electron chi connectivity index (χ2n) is 6.36. The molecule has 154 valence electrons. The van der Waals surface area contributed by atoms with Crippen LogP contribution in [0.1, 0.15) is 79.1 Å². The number of nitrogens with zero attached hydrogens (tertiary/aromatic N) is 2. The molecular formula is C19H39N2O4P. The van der Waals surface area contributed by atoms with E-state index in [2.05, 4.69) is 50.8 Å². The van der Waals surface area contributed by atoms with Gasteiger partial charge in [-0.15, -0.1) is 0 Å². The van der Waals surface area contributed by atoms with Gasteiger partial charge in [-0.05, 0) is 32.6 Å². The number of aryl methyl sites for hydroxylation is 2. The molecule has 0 aliphatic heterocycles. The summed E-state index contributed by atoms with van der Waals surface area (Å²) in [4.78, 5) is 10.7. The van der Waals surface area contributed by atoms with Crippen LogP contribution in [0.3, 0.4) is 0 Å². The third kappa shape index (κ3) is 14.5. The zero-order valence-corrected chi connectivity index (χ0v) is 18.1. The summed E-state index contributed by atoms with van der Waals surface area (Å²) in [6.45, 7) is 10.8. The van der Waals surface area contributed by atoms with Crippen molar-refractivity contribution in [1.82, 2.24) is 4.57 Å². The van der Waals surface area contributed by atoms with Crippen LogP contribution in [0.2, 0.25) is 0 Å². The average molecular weight is 391 g/mol. The van der Waals surface area contributed by atoms with E-state index in [4.69, 9.17) is 0 Å². The predicted octanol–water partition coefficient (Wildman–Crippen LogP) is 4.46. The highest BCUT2D eigenvalue weighted by Crippen LogP contribution is 2.38. The Morgan fingerprint density at radius 2 is 1.50 bits per heavy atom. The van der Waals surface area contributed by atoms with Crippen molar-refractivity contribution in [1.29, 1.82) is 0 Å². The van der Waals surface area contributed by atoms with Gasteiger partial charge in [0.2, 0.25) is 6.33 Å². The van der Waals surface area contributed by atoms with Crippen molar-refractivity contribution in [2.45, 2.75) is 92.2 Å². The van der Waals surface area contributed by atoms with E-state index in [1.807, 2.05) is 13.8 Å². The molecule has 6 nitrogen and oxygen atoms in total. The number of phosphoric acid groups is 1. The van der Waals surface area contributed by atoms with Gasteiger partial charge >= 0.3 is 0 Å². The van der Waals surface area contributed by atoms with Crippen LogP contribution in [0, 0.1) is 0 Å². The quantitative estimate of drug-likeness (QED) is 0.267. The first-order valence-electron chi connectivity index (χ1n) is 10.1. The van der Waals surface area contributed by atoms with Crippen LogP contribution in [-0.4, -0.2) is 17.8 Å². The van der Waals surface area contributed by atoms with Crippen molar-refractivity contribution >= 4 is 7.82 Å². The maximum atomic E-state index is 10.7. The van der Waals surface area contributed by atoms with Crippen LogP contribution in [0.15, 0.2) is 18.7 Å². The van der Waals surface area contributed by atoms with E-state index in [1.54, 1.807) is 0 Å². The van der Waals surface area contributed by atoms with Gasteiger partial charge in [0, 0.05) is 0 Å². The summed E-state index contributed by atoms with van der Waals surface area (Å²) >= 11 is 0. The van der Waals surface area contributed by atoms with Crippen LogP contribution < -0.4 is 9.46 Å². The van der Waals surface area contributed by atoms with Gasteiger partial charge in [0.05, 0.1) is 26.3 Å². The van der Waals surface area contributed by atoms with Gasteiger partial charge in [-0.3, -0.25) is 4.57 Å². The van der Waals surface area contributed by atoms with Crippen LogP contribution in [0.5, 0.6) is 0 Å².